The SMILES string of the molecule is Cc1nc(F)c(C[C@H]2CCC(=O)NC(C3CC3)C(=O)O[C@H](C)[C@H](NC(=O)c3ccccc3O)C(=O)N2)c(C)c1F. The van der Waals surface area contributed by atoms with Crippen molar-refractivity contribution >= 4 is 23.7 Å². The number of nitrogens with zero attached hydrogens (tertiary/aromatic N) is 1. The Morgan fingerprint density at radius 2 is 1.82 bits per heavy atom. The lowest BCUT2D eigenvalue weighted by molar-refractivity contribution is -0.155. The van der Waals surface area contributed by atoms with Gasteiger partial charge in [0.05, 0.1) is 11.3 Å². The molecule has 1 aromatic carbocycles. The minimum atomic E-state index is -1.41. The van der Waals surface area contributed by atoms with Crippen LogP contribution >= 0.6 is 0 Å². The Morgan fingerprint density at radius 3 is 2.50 bits per heavy atom. The van der Waals surface area contributed by atoms with E-state index in [1.54, 1.807) is 0 Å². The summed E-state index contributed by atoms with van der Waals surface area (Å²) in [4.78, 5) is 55.8. The van der Waals surface area contributed by atoms with Crippen molar-refractivity contribution in [3.63, 3.8) is 0 Å². The summed E-state index contributed by atoms with van der Waals surface area (Å²) >= 11 is 0. The summed E-state index contributed by atoms with van der Waals surface area (Å²) in [6.45, 7) is 4.17. The number of rotatable bonds is 5. The fourth-order valence-corrected chi connectivity index (χ4v) is 4.78. The molecule has 1 aromatic heterocycles. The summed E-state index contributed by atoms with van der Waals surface area (Å²) in [5, 5.41) is 18.0. The van der Waals surface area contributed by atoms with Crippen LogP contribution in [-0.4, -0.2) is 58.0 Å². The van der Waals surface area contributed by atoms with Crippen LogP contribution in [0.15, 0.2) is 24.3 Å². The van der Waals surface area contributed by atoms with Gasteiger partial charge in [-0.15, -0.1) is 0 Å². The predicted molar refractivity (Wildman–Crippen MR) is 138 cm³/mol. The molecule has 0 bridgehead atoms. The van der Waals surface area contributed by atoms with Gasteiger partial charge >= 0.3 is 5.97 Å². The van der Waals surface area contributed by atoms with E-state index in [1.807, 2.05) is 0 Å². The van der Waals surface area contributed by atoms with Gasteiger partial charge < -0.3 is 25.8 Å². The summed E-state index contributed by atoms with van der Waals surface area (Å²) in [6.07, 6.45) is -0.00871. The first kappa shape index (κ1) is 28.9. The third kappa shape index (κ3) is 6.54. The Balaban J connectivity index is 1.65. The van der Waals surface area contributed by atoms with Crippen LogP contribution in [-0.2, 0) is 25.5 Å². The molecule has 2 fully saturated rings. The van der Waals surface area contributed by atoms with Crippen molar-refractivity contribution in [1.82, 2.24) is 20.9 Å². The molecule has 2 heterocycles. The van der Waals surface area contributed by atoms with Gasteiger partial charge in [-0.05, 0) is 70.1 Å². The molecule has 12 heteroatoms. The number of esters is 1. The molecule has 40 heavy (non-hydrogen) atoms. The van der Waals surface area contributed by atoms with Crippen LogP contribution < -0.4 is 16.0 Å². The number of hydrogen-bond acceptors (Lipinski definition) is 7. The standard InChI is InChI=1S/C28H32F2N4O6/c1-13-19(25(30)31-14(2)22(13)29)12-17-10-11-21(36)33-24(16-8-9-16)28(39)40-15(3)23(27(38)32-17)34-26(37)18-6-4-5-7-20(18)35/h4-7,15-17,23-24,35H,8-12H2,1-3H3,(H,32,38)(H,33,36)(H,34,37)/t15-,17-,23+,24?/m1/s1. The van der Waals surface area contributed by atoms with Gasteiger partial charge in [-0.3, -0.25) is 14.4 Å². The number of phenolic OH excluding ortho intramolecular Hbond substituents is 1. The second kappa shape index (κ2) is 12.0. The highest BCUT2D eigenvalue weighted by molar-refractivity contribution is 6.00. The second-order valence-electron chi connectivity index (χ2n) is 10.3. The van der Waals surface area contributed by atoms with Crippen molar-refractivity contribution in [2.75, 3.05) is 0 Å². The van der Waals surface area contributed by atoms with Crippen molar-refractivity contribution in [1.29, 1.82) is 0 Å². The molecule has 0 spiro atoms. The molecule has 1 aliphatic heterocycles. The van der Waals surface area contributed by atoms with Crippen LogP contribution in [0.25, 0.3) is 0 Å². The third-order valence-electron chi connectivity index (χ3n) is 7.28. The number of aromatic hydroxyl groups is 1. The third-order valence-corrected chi connectivity index (χ3v) is 7.28. The van der Waals surface area contributed by atoms with E-state index in [1.165, 1.54) is 45.0 Å². The highest BCUT2D eigenvalue weighted by atomic mass is 19.1. The zero-order chi connectivity index (χ0) is 29.1. The highest BCUT2D eigenvalue weighted by Crippen LogP contribution is 2.33. The molecule has 4 N–H and O–H groups in total. The number of amides is 3. The first-order valence-electron chi connectivity index (χ1n) is 13.2. The summed E-state index contributed by atoms with van der Waals surface area (Å²) in [5.74, 6) is -4.71. The number of benzene rings is 1. The van der Waals surface area contributed by atoms with Crippen molar-refractivity contribution in [2.45, 2.75) is 77.1 Å². The van der Waals surface area contributed by atoms with Crippen LogP contribution in [0.2, 0.25) is 0 Å². The highest BCUT2D eigenvalue weighted by Gasteiger charge is 2.41. The minimum Gasteiger partial charge on any atom is -0.507 e. The Hall–Kier alpha value is -4.09. The first-order valence-corrected chi connectivity index (χ1v) is 13.2. The molecular weight excluding hydrogens is 526 g/mol. The number of ether oxygens (including phenoxy) is 1. The number of hydrogen-bond donors (Lipinski definition) is 4. The van der Waals surface area contributed by atoms with Crippen molar-refractivity contribution < 1.29 is 37.8 Å². The van der Waals surface area contributed by atoms with Crippen LogP contribution in [0.4, 0.5) is 8.78 Å². The summed E-state index contributed by atoms with van der Waals surface area (Å²) < 4.78 is 34.9. The molecule has 4 atom stereocenters. The normalized spacial score (nSPS) is 24.2. The van der Waals surface area contributed by atoms with E-state index in [2.05, 4.69) is 20.9 Å². The van der Waals surface area contributed by atoms with Crippen molar-refractivity contribution in [3.05, 3.63) is 58.4 Å². The zero-order valence-electron chi connectivity index (χ0n) is 22.4. The maximum absolute atomic E-state index is 14.8. The molecular formula is C28H32F2N4O6. The summed E-state index contributed by atoms with van der Waals surface area (Å²) in [7, 11) is 0. The lowest BCUT2D eigenvalue weighted by Gasteiger charge is -2.30. The fourth-order valence-electron chi connectivity index (χ4n) is 4.78. The number of carbonyl (C=O) groups excluding carboxylic acids is 4. The largest absolute Gasteiger partial charge is 0.507 e. The second-order valence-corrected chi connectivity index (χ2v) is 10.3. The molecule has 10 nitrogen and oxygen atoms in total. The molecule has 214 valence electrons. The molecule has 1 saturated carbocycles. The van der Waals surface area contributed by atoms with Crippen molar-refractivity contribution in [2.24, 2.45) is 5.92 Å². The Morgan fingerprint density at radius 1 is 1.12 bits per heavy atom. The maximum atomic E-state index is 14.8. The molecule has 1 aliphatic carbocycles. The molecule has 4 rings (SSSR count). The van der Waals surface area contributed by atoms with Gasteiger partial charge in [0.1, 0.15) is 29.8 Å². The number of carbonyl (C=O) groups is 4. The van der Waals surface area contributed by atoms with E-state index in [4.69, 9.17) is 4.74 Å². The van der Waals surface area contributed by atoms with Gasteiger partial charge in [0.15, 0.2) is 0 Å². The van der Waals surface area contributed by atoms with E-state index in [-0.39, 0.29) is 53.3 Å². The Bertz CT molecular complexity index is 1330. The van der Waals surface area contributed by atoms with Gasteiger partial charge in [0.2, 0.25) is 17.8 Å². The average molecular weight is 559 g/mol. The Kier molecular flexibility index (Phi) is 8.65. The lowest BCUT2D eigenvalue weighted by Crippen LogP contribution is -2.57. The van der Waals surface area contributed by atoms with Crippen LogP contribution in [0.5, 0.6) is 5.75 Å². The lowest BCUT2D eigenvalue weighted by atomic mass is 9.97. The molecule has 0 radical (unpaired) electrons. The van der Waals surface area contributed by atoms with Gasteiger partial charge in [-0.25, -0.2) is 14.2 Å². The molecule has 3 amide bonds. The molecule has 2 aromatic rings. The topological polar surface area (TPSA) is 147 Å². The van der Waals surface area contributed by atoms with Gasteiger partial charge in [0.25, 0.3) is 5.91 Å². The molecule has 2 aliphatic rings. The fraction of sp³-hybridized carbons (Fsp3) is 0.464. The number of aryl methyl sites for hydroxylation is 1. The summed E-state index contributed by atoms with van der Waals surface area (Å²) in [5.41, 5.74) is -0.214. The van der Waals surface area contributed by atoms with E-state index >= 15 is 0 Å². The van der Waals surface area contributed by atoms with Crippen LogP contribution in [0.1, 0.15) is 59.8 Å². The van der Waals surface area contributed by atoms with E-state index in [0.29, 0.717) is 0 Å². The number of cyclic esters (lactones) is 1. The molecule has 1 saturated heterocycles. The van der Waals surface area contributed by atoms with Gasteiger partial charge in [0, 0.05) is 18.0 Å². The average Bonchev–Trinajstić information content (AvgIpc) is 3.74. The number of aromatic nitrogens is 1. The quantitative estimate of drug-likeness (QED) is 0.325. The zero-order valence-corrected chi connectivity index (χ0v) is 22.4. The van der Waals surface area contributed by atoms with E-state index in [0.717, 1.165) is 12.8 Å². The maximum Gasteiger partial charge on any atom is 0.329 e. The van der Waals surface area contributed by atoms with E-state index < -0.39 is 59.7 Å². The number of pyridine rings is 1. The van der Waals surface area contributed by atoms with Crippen LogP contribution in [0.3, 0.4) is 0 Å². The van der Waals surface area contributed by atoms with Crippen LogP contribution in [0, 0.1) is 31.5 Å². The monoisotopic (exact) mass is 558 g/mol. The van der Waals surface area contributed by atoms with Gasteiger partial charge in [-0.1, -0.05) is 12.1 Å². The predicted octanol–water partition coefficient (Wildman–Crippen LogP) is 2.13. The van der Waals surface area contributed by atoms with E-state index in [9.17, 15) is 33.1 Å². The number of nitrogens with one attached hydrogen (secondary N) is 3. The number of para-hydroxylation sites is 1. The van der Waals surface area contributed by atoms with Gasteiger partial charge in [-0.2, -0.15) is 4.39 Å². The number of phenols is 1. The Labute approximate surface area is 229 Å². The molecule has 1 unspecified atom stereocenters. The smallest absolute Gasteiger partial charge is 0.329 e. The summed E-state index contributed by atoms with van der Waals surface area (Å²) in [6, 6.07) is 2.54. The van der Waals surface area contributed by atoms with Crippen molar-refractivity contribution in [3.8, 4) is 5.75 Å². The first-order chi connectivity index (χ1) is 19.0. The minimum absolute atomic E-state index is 0.0346. The number of halogens is 2.